The number of carbonyl (C=O) groups excluding carboxylic acids is 1. The third kappa shape index (κ3) is 4.01. The van der Waals surface area contributed by atoms with Gasteiger partial charge in [-0.15, -0.1) is 0 Å². The van der Waals surface area contributed by atoms with Crippen LogP contribution in [0.25, 0.3) is 0 Å². The minimum absolute atomic E-state index is 0.0279. The number of aliphatic hydroxyl groups excluding tert-OH is 1. The van der Waals surface area contributed by atoms with E-state index in [2.05, 4.69) is 9.98 Å². The molecule has 0 aliphatic rings. The molecule has 0 saturated carbocycles. The molecule has 1 N–H and O–H groups in total. The third-order valence-electron chi connectivity index (χ3n) is 2.08. The van der Waals surface area contributed by atoms with Gasteiger partial charge in [-0.05, 0) is 32.9 Å². The van der Waals surface area contributed by atoms with Crippen molar-refractivity contribution in [3.63, 3.8) is 0 Å². The standard InChI is InChI=1S/C13H16N2O3/c1-4-18-13(17)11(10(3)16)8-14-12-7-5-6-9(2)15-12/h5-8,16H,4H2,1-3H3/b11-10-,14-8-. The molecule has 18 heavy (non-hydrogen) atoms. The van der Waals surface area contributed by atoms with E-state index >= 15 is 0 Å². The fourth-order valence-corrected chi connectivity index (χ4v) is 1.23. The Bertz CT molecular complexity index is 489. The van der Waals surface area contributed by atoms with Crippen molar-refractivity contribution >= 4 is 18.0 Å². The molecule has 0 aromatic carbocycles. The zero-order valence-electron chi connectivity index (χ0n) is 10.7. The van der Waals surface area contributed by atoms with Crippen molar-refractivity contribution in [1.82, 2.24) is 4.98 Å². The molecule has 0 unspecified atom stereocenters. The van der Waals surface area contributed by atoms with Crippen LogP contribution in [0.3, 0.4) is 0 Å². The van der Waals surface area contributed by atoms with Gasteiger partial charge in [0.1, 0.15) is 11.3 Å². The smallest absolute Gasteiger partial charge is 0.343 e. The summed E-state index contributed by atoms with van der Waals surface area (Å²) in [6.07, 6.45) is 1.26. The Balaban J connectivity index is 2.92. The molecule has 0 aliphatic carbocycles. The second-order valence-corrected chi connectivity index (χ2v) is 3.61. The molecule has 0 aliphatic heterocycles. The Morgan fingerprint density at radius 1 is 1.56 bits per heavy atom. The largest absolute Gasteiger partial charge is 0.512 e. The van der Waals surface area contributed by atoms with E-state index in [-0.39, 0.29) is 17.9 Å². The summed E-state index contributed by atoms with van der Waals surface area (Å²) in [5, 5.41) is 9.41. The summed E-state index contributed by atoms with van der Waals surface area (Å²) in [5.41, 5.74) is 0.854. The normalized spacial score (nSPS) is 12.4. The molecule has 1 heterocycles. The maximum absolute atomic E-state index is 11.5. The second kappa shape index (κ2) is 6.54. The zero-order chi connectivity index (χ0) is 13.5. The summed E-state index contributed by atoms with van der Waals surface area (Å²) in [6.45, 7) is 5.19. The molecule has 0 bridgehead atoms. The van der Waals surface area contributed by atoms with Gasteiger partial charge in [0.15, 0.2) is 5.82 Å². The van der Waals surface area contributed by atoms with Crippen LogP contribution in [0.1, 0.15) is 19.5 Å². The van der Waals surface area contributed by atoms with Crippen LogP contribution < -0.4 is 0 Å². The Hall–Kier alpha value is -2.17. The van der Waals surface area contributed by atoms with Crippen molar-refractivity contribution in [3.05, 3.63) is 35.2 Å². The Labute approximate surface area is 106 Å². The van der Waals surface area contributed by atoms with Gasteiger partial charge in [0.05, 0.1) is 6.61 Å². The van der Waals surface area contributed by atoms with Crippen LogP contribution in [0.15, 0.2) is 34.5 Å². The van der Waals surface area contributed by atoms with Gasteiger partial charge < -0.3 is 9.84 Å². The summed E-state index contributed by atoms with van der Waals surface area (Å²) >= 11 is 0. The summed E-state index contributed by atoms with van der Waals surface area (Å²) in [4.78, 5) is 19.7. The predicted octanol–water partition coefficient (Wildman–Crippen LogP) is 2.49. The number of esters is 1. The molecule has 96 valence electrons. The molecule has 0 atom stereocenters. The predicted molar refractivity (Wildman–Crippen MR) is 69.1 cm³/mol. The fourth-order valence-electron chi connectivity index (χ4n) is 1.23. The topological polar surface area (TPSA) is 71.8 Å². The highest BCUT2D eigenvalue weighted by Crippen LogP contribution is 2.09. The van der Waals surface area contributed by atoms with Crippen molar-refractivity contribution in [2.45, 2.75) is 20.8 Å². The molecule has 0 saturated heterocycles. The van der Waals surface area contributed by atoms with Gasteiger partial charge in [0.25, 0.3) is 0 Å². The summed E-state index contributed by atoms with van der Waals surface area (Å²) in [6, 6.07) is 5.37. The van der Waals surface area contributed by atoms with Crippen LogP contribution in [0.2, 0.25) is 0 Å². The third-order valence-corrected chi connectivity index (χ3v) is 2.08. The monoisotopic (exact) mass is 248 g/mol. The van der Waals surface area contributed by atoms with Crippen LogP contribution in [0, 0.1) is 6.92 Å². The SMILES string of the molecule is CCOC(=O)C(/C=N\c1cccc(C)n1)=C(/C)O. The number of nitrogens with zero attached hydrogens (tertiary/aromatic N) is 2. The molecule has 0 radical (unpaired) electrons. The second-order valence-electron chi connectivity index (χ2n) is 3.61. The lowest BCUT2D eigenvalue weighted by molar-refractivity contribution is -0.138. The highest BCUT2D eigenvalue weighted by molar-refractivity contribution is 6.10. The maximum Gasteiger partial charge on any atom is 0.343 e. The zero-order valence-corrected chi connectivity index (χ0v) is 10.7. The fraction of sp³-hybridized carbons (Fsp3) is 0.308. The number of allylic oxidation sites excluding steroid dienone is 1. The average molecular weight is 248 g/mol. The van der Waals surface area contributed by atoms with Gasteiger partial charge in [-0.1, -0.05) is 6.07 Å². The molecule has 1 aromatic heterocycles. The lowest BCUT2D eigenvalue weighted by Gasteiger charge is -2.03. The van der Waals surface area contributed by atoms with Crippen LogP contribution in [-0.4, -0.2) is 28.9 Å². The van der Waals surface area contributed by atoms with Crippen molar-refractivity contribution in [2.75, 3.05) is 6.61 Å². The minimum Gasteiger partial charge on any atom is -0.512 e. The van der Waals surface area contributed by atoms with Crippen molar-refractivity contribution in [2.24, 2.45) is 4.99 Å². The number of carbonyl (C=O) groups is 1. The van der Waals surface area contributed by atoms with E-state index in [9.17, 15) is 9.90 Å². The first kappa shape index (κ1) is 13.9. The van der Waals surface area contributed by atoms with Gasteiger partial charge in [-0.2, -0.15) is 0 Å². The molecule has 5 heteroatoms. The average Bonchev–Trinajstić information content (AvgIpc) is 2.29. The van der Waals surface area contributed by atoms with Gasteiger partial charge >= 0.3 is 5.97 Å². The Kier molecular flexibility index (Phi) is 5.05. The molecule has 1 aromatic rings. The summed E-state index contributed by atoms with van der Waals surface area (Å²) in [5.74, 6) is -0.267. The molecule has 0 fully saturated rings. The number of hydrogen-bond donors (Lipinski definition) is 1. The van der Waals surface area contributed by atoms with Crippen LogP contribution >= 0.6 is 0 Å². The van der Waals surface area contributed by atoms with E-state index < -0.39 is 5.97 Å². The van der Waals surface area contributed by atoms with Gasteiger partial charge in [-0.3, -0.25) is 0 Å². The van der Waals surface area contributed by atoms with Crippen molar-refractivity contribution in [3.8, 4) is 0 Å². The molecule has 0 amide bonds. The summed E-state index contributed by atoms with van der Waals surface area (Å²) in [7, 11) is 0. The first-order valence-corrected chi connectivity index (χ1v) is 5.59. The van der Waals surface area contributed by atoms with Crippen LogP contribution in [-0.2, 0) is 9.53 Å². The molecule has 0 spiro atoms. The van der Waals surface area contributed by atoms with Crippen molar-refractivity contribution in [1.29, 1.82) is 0 Å². The lowest BCUT2D eigenvalue weighted by Crippen LogP contribution is -2.10. The lowest BCUT2D eigenvalue weighted by atomic mass is 10.2. The molecule has 1 rings (SSSR count). The number of pyridine rings is 1. The van der Waals surface area contributed by atoms with E-state index in [0.717, 1.165) is 5.69 Å². The number of hydrogen-bond acceptors (Lipinski definition) is 5. The number of rotatable bonds is 4. The molecular formula is C13H16N2O3. The Morgan fingerprint density at radius 2 is 2.28 bits per heavy atom. The first-order chi connectivity index (χ1) is 8.54. The van der Waals surface area contributed by atoms with E-state index in [0.29, 0.717) is 5.82 Å². The van der Waals surface area contributed by atoms with Gasteiger partial charge in [-0.25, -0.2) is 14.8 Å². The summed E-state index contributed by atoms with van der Waals surface area (Å²) < 4.78 is 4.81. The minimum atomic E-state index is -0.603. The van der Waals surface area contributed by atoms with Crippen LogP contribution in [0.4, 0.5) is 5.82 Å². The highest BCUT2D eigenvalue weighted by Gasteiger charge is 2.11. The maximum atomic E-state index is 11.5. The van der Waals surface area contributed by atoms with E-state index in [1.54, 1.807) is 13.0 Å². The first-order valence-electron chi connectivity index (χ1n) is 5.59. The highest BCUT2D eigenvalue weighted by atomic mass is 16.5. The number of aliphatic imine (C=N–C) groups is 1. The number of ether oxygens (including phenoxy) is 1. The molecular weight excluding hydrogens is 232 g/mol. The van der Waals surface area contributed by atoms with E-state index in [1.165, 1.54) is 13.1 Å². The van der Waals surface area contributed by atoms with Gasteiger partial charge in [0.2, 0.25) is 0 Å². The van der Waals surface area contributed by atoms with E-state index in [1.807, 2.05) is 19.1 Å². The number of aromatic nitrogens is 1. The van der Waals surface area contributed by atoms with E-state index in [4.69, 9.17) is 4.74 Å². The van der Waals surface area contributed by atoms with Crippen LogP contribution in [0.5, 0.6) is 0 Å². The number of aryl methyl sites for hydroxylation is 1. The Morgan fingerprint density at radius 3 is 2.83 bits per heavy atom. The van der Waals surface area contributed by atoms with Crippen molar-refractivity contribution < 1.29 is 14.6 Å². The van der Waals surface area contributed by atoms with Gasteiger partial charge in [0, 0.05) is 11.9 Å². The number of aliphatic hydroxyl groups is 1. The quantitative estimate of drug-likeness (QED) is 0.384. The molecule has 5 nitrogen and oxygen atoms in total.